The Bertz CT molecular complexity index is 550. The van der Waals surface area contributed by atoms with Crippen LogP contribution >= 0.6 is 0 Å². The molecular formula is C18H25NO4. The predicted molar refractivity (Wildman–Crippen MR) is 87.5 cm³/mol. The molecule has 1 saturated carbocycles. The van der Waals surface area contributed by atoms with Crippen molar-refractivity contribution in [1.82, 2.24) is 5.32 Å². The Kier molecular flexibility index (Phi) is 6.02. The van der Waals surface area contributed by atoms with Crippen molar-refractivity contribution in [3.05, 3.63) is 29.8 Å². The van der Waals surface area contributed by atoms with Gasteiger partial charge >= 0.3 is 5.97 Å². The molecule has 1 amide bonds. The van der Waals surface area contributed by atoms with Crippen LogP contribution in [0.3, 0.4) is 0 Å². The van der Waals surface area contributed by atoms with E-state index < -0.39 is 11.5 Å². The third-order valence-corrected chi connectivity index (χ3v) is 4.19. The van der Waals surface area contributed by atoms with Gasteiger partial charge < -0.3 is 15.2 Å². The molecule has 0 aliphatic heterocycles. The Balaban J connectivity index is 1.96. The molecule has 0 atom stereocenters. The lowest BCUT2D eigenvalue weighted by Gasteiger charge is -2.28. The minimum Gasteiger partial charge on any atom is -0.494 e. The first-order valence-electron chi connectivity index (χ1n) is 8.27. The number of nitrogens with one attached hydrogen (secondary N) is 1. The fourth-order valence-electron chi connectivity index (χ4n) is 3.18. The standard InChI is InChI=1S/C18H25NO4/c1-2-10-23-15-7-5-6-14(11-15)12-16(20)19-18(13-17(21)22)8-3-4-9-18/h5-7,11H,2-4,8-10,12-13H2,1H3,(H,19,20)(H,21,22). The van der Waals surface area contributed by atoms with Gasteiger partial charge in [0.15, 0.2) is 0 Å². The highest BCUT2D eigenvalue weighted by molar-refractivity contribution is 5.80. The lowest BCUT2D eigenvalue weighted by Crippen LogP contribution is -2.48. The molecule has 1 aromatic carbocycles. The Hall–Kier alpha value is -2.04. The van der Waals surface area contributed by atoms with Crippen LogP contribution < -0.4 is 10.1 Å². The van der Waals surface area contributed by atoms with Gasteiger partial charge in [0.2, 0.25) is 5.91 Å². The molecule has 0 unspecified atom stereocenters. The summed E-state index contributed by atoms with van der Waals surface area (Å²) in [5, 5.41) is 12.1. The van der Waals surface area contributed by atoms with Gasteiger partial charge in [-0.15, -0.1) is 0 Å². The van der Waals surface area contributed by atoms with Crippen molar-refractivity contribution in [2.75, 3.05) is 6.61 Å². The number of hydrogen-bond donors (Lipinski definition) is 2. The van der Waals surface area contributed by atoms with Crippen molar-refractivity contribution in [2.24, 2.45) is 0 Å². The Morgan fingerprint density at radius 2 is 2.04 bits per heavy atom. The van der Waals surface area contributed by atoms with Gasteiger partial charge in [0, 0.05) is 0 Å². The summed E-state index contributed by atoms with van der Waals surface area (Å²) in [7, 11) is 0. The number of aliphatic carboxylic acids is 1. The van der Waals surface area contributed by atoms with Crippen molar-refractivity contribution in [3.63, 3.8) is 0 Å². The minimum absolute atomic E-state index is 0.00160. The zero-order valence-corrected chi connectivity index (χ0v) is 13.6. The van der Waals surface area contributed by atoms with Gasteiger partial charge in [-0.25, -0.2) is 0 Å². The van der Waals surface area contributed by atoms with E-state index in [-0.39, 0.29) is 18.7 Å². The van der Waals surface area contributed by atoms with Gasteiger partial charge in [0.05, 0.1) is 25.0 Å². The van der Waals surface area contributed by atoms with E-state index in [4.69, 9.17) is 9.84 Å². The van der Waals surface area contributed by atoms with Crippen LogP contribution in [0, 0.1) is 0 Å². The number of hydrogen-bond acceptors (Lipinski definition) is 3. The summed E-state index contributed by atoms with van der Waals surface area (Å²) < 4.78 is 5.57. The molecule has 126 valence electrons. The van der Waals surface area contributed by atoms with Crippen LogP contribution in [0.15, 0.2) is 24.3 Å². The maximum absolute atomic E-state index is 12.3. The first-order chi connectivity index (χ1) is 11.0. The number of carboxylic acid groups (broad SMARTS) is 1. The molecule has 2 rings (SSSR count). The fourth-order valence-corrected chi connectivity index (χ4v) is 3.18. The first kappa shape index (κ1) is 17.3. The molecule has 2 N–H and O–H groups in total. The number of carbonyl (C=O) groups excluding carboxylic acids is 1. The minimum atomic E-state index is -0.859. The molecule has 1 aliphatic rings. The van der Waals surface area contributed by atoms with Gasteiger partial charge in [0.1, 0.15) is 5.75 Å². The quantitative estimate of drug-likeness (QED) is 0.772. The van der Waals surface area contributed by atoms with Crippen LogP contribution in [0.1, 0.15) is 51.0 Å². The zero-order valence-electron chi connectivity index (χ0n) is 13.6. The predicted octanol–water partition coefficient (Wildman–Crippen LogP) is 2.92. The summed E-state index contributed by atoms with van der Waals surface area (Å²) in [6.07, 6.45) is 4.59. The number of carbonyl (C=O) groups is 2. The Morgan fingerprint density at radius 3 is 2.70 bits per heavy atom. The summed E-state index contributed by atoms with van der Waals surface area (Å²) in [6, 6.07) is 7.50. The van der Waals surface area contributed by atoms with Crippen molar-refractivity contribution in [2.45, 2.75) is 57.4 Å². The van der Waals surface area contributed by atoms with E-state index in [1.54, 1.807) is 0 Å². The molecule has 0 bridgehead atoms. The molecule has 23 heavy (non-hydrogen) atoms. The van der Waals surface area contributed by atoms with E-state index in [0.29, 0.717) is 6.61 Å². The number of carboxylic acids is 1. The molecule has 5 heteroatoms. The van der Waals surface area contributed by atoms with E-state index in [2.05, 4.69) is 5.32 Å². The monoisotopic (exact) mass is 319 g/mol. The molecule has 1 fully saturated rings. The number of benzene rings is 1. The largest absolute Gasteiger partial charge is 0.494 e. The molecule has 1 aliphatic carbocycles. The number of ether oxygens (including phenoxy) is 1. The van der Waals surface area contributed by atoms with Crippen molar-refractivity contribution in [3.8, 4) is 5.75 Å². The first-order valence-corrected chi connectivity index (χ1v) is 8.27. The molecule has 1 aromatic rings. The van der Waals surface area contributed by atoms with Crippen molar-refractivity contribution >= 4 is 11.9 Å². The van der Waals surface area contributed by atoms with Crippen LogP contribution in [0.4, 0.5) is 0 Å². The van der Waals surface area contributed by atoms with E-state index in [0.717, 1.165) is 43.4 Å². The Labute approximate surface area is 137 Å². The third-order valence-electron chi connectivity index (χ3n) is 4.19. The van der Waals surface area contributed by atoms with Gasteiger partial charge in [-0.3, -0.25) is 9.59 Å². The second-order valence-electron chi connectivity index (χ2n) is 6.28. The van der Waals surface area contributed by atoms with Crippen molar-refractivity contribution < 1.29 is 19.4 Å². The number of rotatable bonds is 8. The average Bonchev–Trinajstić information content (AvgIpc) is 2.92. The molecule has 0 heterocycles. The molecular weight excluding hydrogens is 294 g/mol. The average molecular weight is 319 g/mol. The van der Waals surface area contributed by atoms with E-state index >= 15 is 0 Å². The summed E-state index contributed by atoms with van der Waals surface area (Å²) in [4.78, 5) is 23.4. The number of amides is 1. The van der Waals surface area contributed by atoms with Crippen molar-refractivity contribution in [1.29, 1.82) is 0 Å². The van der Waals surface area contributed by atoms with Gasteiger partial charge in [-0.1, -0.05) is 31.9 Å². The maximum Gasteiger partial charge on any atom is 0.305 e. The third kappa shape index (κ3) is 5.27. The fraction of sp³-hybridized carbons (Fsp3) is 0.556. The molecule has 5 nitrogen and oxygen atoms in total. The lowest BCUT2D eigenvalue weighted by atomic mass is 9.92. The summed E-state index contributed by atoms with van der Waals surface area (Å²) in [6.45, 7) is 2.69. The molecule has 0 spiro atoms. The normalized spacial score (nSPS) is 16.0. The highest BCUT2D eigenvalue weighted by atomic mass is 16.5. The van der Waals surface area contributed by atoms with E-state index in [1.807, 2.05) is 31.2 Å². The van der Waals surface area contributed by atoms with Crippen LogP contribution in [-0.4, -0.2) is 29.1 Å². The lowest BCUT2D eigenvalue weighted by molar-refractivity contribution is -0.139. The molecule has 0 radical (unpaired) electrons. The molecule has 0 saturated heterocycles. The van der Waals surface area contributed by atoms with E-state index in [1.165, 1.54) is 0 Å². The maximum atomic E-state index is 12.3. The van der Waals surface area contributed by atoms with Crippen LogP contribution in [-0.2, 0) is 16.0 Å². The summed E-state index contributed by atoms with van der Waals surface area (Å²) in [5.74, 6) is -0.221. The second kappa shape index (κ2) is 7.99. The highest BCUT2D eigenvalue weighted by Gasteiger charge is 2.37. The smallest absolute Gasteiger partial charge is 0.305 e. The summed E-state index contributed by atoms with van der Waals surface area (Å²) >= 11 is 0. The van der Waals surface area contributed by atoms with Crippen LogP contribution in [0.25, 0.3) is 0 Å². The summed E-state index contributed by atoms with van der Waals surface area (Å²) in [5.41, 5.74) is 0.304. The highest BCUT2D eigenvalue weighted by Crippen LogP contribution is 2.32. The second-order valence-corrected chi connectivity index (χ2v) is 6.28. The molecule has 0 aromatic heterocycles. The SMILES string of the molecule is CCCOc1cccc(CC(=O)NC2(CC(=O)O)CCCC2)c1. The topological polar surface area (TPSA) is 75.6 Å². The van der Waals surface area contributed by atoms with Gasteiger partial charge in [-0.05, 0) is 37.0 Å². The van der Waals surface area contributed by atoms with E-state index in [9.17, 15) is 9.59 Å². The zero-order chi connectivity index (χ0) is 16.7. The Morgan fingerprint density at radius 1 is 1.30 bits per heavy atom. The van der Waals surface area contributed by atoms with Crippen LogP contribution in [0.5, 0.6) is 5.75 Å². The van der Waals surface area contributed by atoms with Gasteiger partial charge in [-0.2, -0.15) is 0 Å². The van der Waals surface area contributed by atoms with Gasteiger partial charge in [0.25, 0.3) is 0 Å². The van der Waals surface area contributed by atoms with Crippen LogP contribution in [0.2, 0.25) is 0 Å².